The van der Waals surface area contributed by atoms with Gasteiger partial charge in [0.15, 0.2) is 6.61 Å². The van der Waals surface area contributed by atoms with Crippen LogP contribution in [0.1, 0.15) is 46.6 Å². The number of aromatic nitrogens is 2. The number of nitrogens with one attached hydrogen (secondary N) is 1. The average molecular weight is 408 g/mol. The van der Waals surface area contributed by atoms with Gasteiger partial charge in [0.25, 0.3) is 0 Å². The van der Waals surface area contributed by atoms with Gasteiger partial charge in [0.05, 0.1) is 6.10 Å². The average Bonchev–Trinajstić information content (AvgIpc) is 3.47. The second-order valence-corrected chi connectivity index (χ2v) is 7.97. The van der Waals surface area contributed by atoms with Gasteiger partial charge in [0.1, 0.15) is 0 Å². The van der Waals surface area contributed by atoms with E-state index in [0.717, 1.165) is 53.8 Å². The molecule has 30 heavy (non-hydrogen) atoms. The van der Waals surface area contributed by atoms with E-state index in [1.807, 2.05) is 50.4 Å². The second-order valence-electron chi connectivity index (χ2n) is 7.97. The number of esters is 1. The maximum absolute atomic E-state index is 12.7. The zero-order valence-electron chi connectivity index (χ0n) is 17.6. The van der Waals surface area contributed by atoms with Gasteiger partial charge >= 0.3 is 5.97 Å². The fraction of sp³-hybridized carbons (Fsp3) is 0.417. The van der Waals surface area contributed by atoms with Gasteiger partial charge < -0.3 is 19.0 Å². The monoisotopic (exact) mass is 408 g/mol. The molecule has 158 valence electrons. The summed E-state index contributed by atoms with van der Waals surface area (Å²) in [5.74, 6) is -0.524. The first kappa shape index (κ1) is 20.4. The van der Waals surface area contributed by atoms with E-state index in [-0.39, 0.29) is 30.9 Å². The lowest BCUT2D eigenvalue weighted by Crippen LogP contribution is -2.18. The number of H-pyrrole nitrogens is 1. The van der Waals surface area contributed by atoms with Crippen molar-refractivity contribution in [2.24, 2.45) is 0 Å². The first-order chi connectivity index (χ1) is 14.5. The predicted octanol–water partition coefficient (Wildman–Crippen LogP) is 4.12. The smallest absolute Gasteiger partial charge is 0.306 e. The third kappa shape index (κ3) is 4.33. The summed E-state index contributed by atoms with van der Waals surface area (Å²) in [5, 5.41) is 1.11. The number of carbonyl (C=O) groups is 2. The van der Waals surface area contributed by atoms with Crippen molar-refractivity contribution in [2.75, 3.05) is 13.2 Å². The topological polar surface area (TPSA) is 73.3 Å². The van der Waals surface area contributed by atoms with Crippen molar-refractivity contribution in [3.05, 3.63) is 59.0 Å². The van der Waals surface area contributed by atoms with Crippen LogP contribution in [0.2, 0.25) is 0 Å². The van der Waals surface area contributed by atoms with Gasteiger partial charge in [0, 0.05) is 53.6 Å². The molecule has 1 saturated heterocycles. The van der Waals surface area contributed by atoms with Crippen LogP contribution in [-0.4, -0.2) is 40.6 Å². The molecule has 1 fully saturated rings. The van der Waals surface area contributed by atoms with E-state index >= 15 is 0 Å². The molecule has 2 aromatic heterocycles. The number of carbonyl (C=O) groups excluding carboxylic acids is 2. The quantitative estimate of drug-likeness (QED) is 0.449. The van der Waals surface area contributed by atoms with Crippen molar-refractivity contribution < 1.29 is 19.1 Å². The number of ketones is 1. The number of fused-ring (bicyclic) bond motifs is 1. The molecule has 0 unspecified atom stereocenters. The molecular formula is C24H28N2O4. The molecule has 3 heterocycles. The molecular weight excluding hydrogens is 380 g/mol. The molecule has 1 aliphatic heterocycles. The minimum absolute atomic E-state index is 0.165. The third-order valence-electron chi connectivity index (χ3n) is 5.92. The predicted molar refractivity (Wildman–Crippen MR) is 115 cm³/mol. The molecule has 0 amide bonds. The summed E-state index contributed by atoms with van der Waals surface area (Å²) < 4.78 is 13.1. The Balaban J connectivity index is 1.31. The summed E-state index contributed by atoms with van der Waals surface area (Å²) >= 11 is 0. The first-order valence-corrected chi connectivity index (χ1v) is 10.5. The van der Waals surface area contributed by atoms with Gasteiger partial charge in [-0.05, 0) is 50.8 Å². The van der Waals surface area contributed by atoms with Crippen LogP contribution in [0.5, 0.6) is 0 Å². The van der Waals surface area contributed by atoms with Crippen molar-refractivity contribution in [1.29, 1.82) is 0 Å². The highest BCUT2D eigenvalue weighted by Crippen LogP contribution is 2.21. The van der Waals surface area contributed by atoms with Gasteiger partial charge in [-0.15, -0.1) is 0 Å². The van der Waals surface area contributed by atoms with Crippen molar-refractivity contribution in [2.45, 2.75) is 52.2 Å². The number of Topliss-reactive ketones (excluding diaryl/α,β-unsaturated/α-hetero) is 1. The first-order valence-electron chi connectivity index (χ1n) is 10.5. The number of hydrogen-bond donors (Lipinski definition) is 1. The number of aromatic amines is 1. The molecule has 1 N–H and O–H groups in total. The van der Waals surface area contributed by atoms with Gasteiger partial charge in [-0.2, -0.15) is 0 Å². The Hall–Kier alpha value is -2.86. The van der Waals surface area contributed by atoms with E-state index in [9.17, 15) is 9.59 Å². The number of para-hydroxylation sites is 1. The number of ether oxygens (including phenoxy) is 2. The Kier molecular flexibility index (Phi) is 6.04. The second kappa shape index (κ2) is 8.88. The lowest BCUT2D eigenvalue weighted by atomic mass is 10.1. The normalized spacial score (nSPS) is 16.3. The van der Waals surface area contributed by atoms with Crippen LogP contribution in [-0.2, 0) is 27.2 Å². The summed E-state index contributed by atoms with van der Waals surface area (Å²) in [6.07, 6.45) is 5.09. The maximum Gasteiger partial charge on any atom is 0.306 e. The van der Waals surface area contributed by atoms with Crippen molar-refractivity contribution in [1.82, 2.24) is 9.55 Å². The molecule has 0 radical (unpaired) electrons. The highest BCUT2D eigenvalue weighted by molar-refractivity contribution is 5.99. The molecule has 0 aliphatic carbocycles. The Labute approximate surface area is 176 Å². The molecule has 1 aliphatic rings. The molecule has 4 rings (SSSR count). The largest absolute Gasteiger partial charge is 0.457 e. The lowest BCUT2D eigenvalue weighted by Gasteiger charge is -2.14. The highest BCUT2D eigenvalue weighted by Gasteiger charge is 2.21. The minimum Gasteiger partial charge on any atom is -0.457 e. The molecule has 0 spiro atoms. The third-order valence-corrected chi connectivity index (χ3v) is 5.92. The SMILES string of the molecule is Cc1cc(C(=O)COC(=O)CCc2c[nH]c3ccccc23)c(C)n1C[C@H]1CCCO1. The number of aryl methyl sites for hydroxylation is 2. The Morgan fingerprint density at radius 3 is 2.90 bits per heavy atom. The number of benzene rings is 1. The van der Waals surface area contributed by atoms with E-state index < -0.39 is 0 Å². The molecule has 0 saturated carbocycles. The van der Waals surface area contributed by atoms with Crippen molar-refractivity contribution >= 4 is 22.7 Å². The van der Waals surface area contributed by atoms with Crippen LogP contribution < -0.4 is 0 Å². The standard InChI is InChI=1S/C24H28N2O4/c1-16-12-21(17(2)26(16)14-19-6-5-11-29-19)23(27)15-30-24(28)10-9-18-13-25-22-8-4-3-7-20(18)22/h3-4,7-8,12-13,19,25H,5-6,9-11,14-15H2,1-2H3/t19-/m1/s1. The van der Waals surface area contributed by atoms with Crippen molar-refractivity contribution in [3.63, 3.8) is 0 Å². The van der Waals surface area contributed by atoms with Crippen LogP contribution in [0, 0.1) is 13.8 Å². The molecule has 1 atom stereocenters. The summed E-state index contributed by atoms with van der Waals surface area (Å²) in [5.41, 5.74) is 4.68. The molecule has 6 heteroatoms. The Bertz CT molecular complexity index is 1060. The highest BCUT2D eigenvalue weighted by atomic mass is 16.5. The van der Waals surface area contributed by atoms with Crippen LogP contribution in [0.15, 0.2) is 36.5 Å². The Morgan fingerprint density at radius 1 is 1.27 bits per heavy atom. The van der Waals surface area contributed by atoms with Gasteiger partial charge in [-0.1, -0.05) is 18.2 Å². The number of nitrogens with zero attached hydrogens (tertiary/aromatic N) is 1. The van der Waals surface area contributed by atoms with E-state index in [4.69, 9.17) is 9.47 Å². The molecule has 6 nitrogen and oxygen atoms in total. The zero-order valence-corrected chi connectivity index (χ0v) is 17.6. The van der Waals surface area contributed by atoms with Crippen LogP contribution in [0.3, 0.4) is 0 Å². The van der Waals surface area contributed by atoms with E-state index in [1.54, 1.807) is 0 Å². The van der Waals surface area contributed by atoms with E-state index in [1.165, 1.54) is 0 Å². The minimum atomic E-state index is -0.359. The lowest BCUT2D eigenvalue weighted by molar-refractivity contribution is -0.142. The summed E-state index contributed by atoms with van der Waals surface area (Å²) in [6, 6.07) is 9.87. The van der Waals surface area contributed by atoms with E-state index in [0.29, 0.717) is 12.0 Å². The zero-order chi connectivity index (χ0) is 21.1. The fourth-order valence-electron chi connectivity index (χ4n) is 4.23. The van der Waals surface area contributed by atoms with Crippen LogP contribution in [0.4, 0.5) is 0 Å². The summed E-state index contributed by atoms with van der Waals surface area (Å²) in [4.78, 5) is 28.1. The van der Waals surface area contributed by atoms with Gasteiger partial charge in [-0.25, -0.2) is 0 Å². The van der Waals surface area contributed by atoms with Crippen LogP contribution in [0.25, 0.3) is 10.9 Å². The summed E-state index contributed by atoms with van der Waals surface area (Å²) in [7, 11) is 0. The van der Waals surface area contributed by atoms with E-state index in [2.05, 4.69) is 9.55 Å². The molecule has 1 aromatic carbocycles. The molecule has 0 bridgehead atoms. The maximum atomic E-state index is 12.7. The van der Waals surface area contributed by atoms with Crippen molar-refractivity contribution in [3.8, 4) is 0 Å². The molecule has 3 aromatic rings. The fourth-order valence-corrected chi connectivity index (χ4v) is 4.23. The Morgan fingerprint density at radius 2 is 2.10 bits per heavy atom. The van der Waals surface area contributed by atoms with Gasteiger partial charge in [0.2, 0.25) is 5.78 Å². The van der Waals surface area contributed by atoms with Gasteiger partial charge in [-0.3, -0.25) is 9.59 Å². The van der Waals surface area contributed by atoms with Crippen LogP contribution >= 0.6 is 0 Å². The number of rotatable bonds is 8. The summed E-state index contributed by atoms with van der Waals surface area (Å²) in [6.45, 7) is 5.27. The number of hydrogen-bond acceptors (Lipinski definition) is 4.